The van der Waals surface area contributed by atoms with Crippen LogP contribution in [0, 0.1) is 0 Å². The molecule has 0 unspecified atom stereocenters. The number of carbonyl (C=O) groups excluding carboxylic acids is 1. The van der Waals surface area contributed by atoms with Crippen LogP contribution in [0.5, 0.6) is 11.5 Å². The van der Waals surface area contributed by atoms with Crippen LogP contribution in [-0.4, -0.2) is 26.7 Å². The topological polar surface area (TPSA) is 38.8 Å². The fourth-order valence-corrected chi connectivity index (χ4v) is 3.07. The Morgan fingerprint density at radius 2 is 1.96 bits per heavy atom. The van der Waals surface area contributed by atoms with E-state index < -0.39 is 0 Å². The maximum atomic E-state index is 12.8. The summed E-state index contributed by atoms with van der Waals surface area (Å²) in [7, 11) is 3.24. The first-order valence-corrected chi connectivity index (χ1v) is 7.82. The van der Waals surface area contributed by atoms with Crippen LogP contribution in [0.15, 0.2) is 42.5 Å². The summed E-state index contributed by atoms with van der Waals surface area (Å²) in [5.74, 6) is 1.53. The predicted octanol–water partition coefficient (Wildman–Crippen LogP) is 3.23. The Labute approximate surface area is 136 Å². The number of amides is 1. The van der Waals surface area contributed by atoms with E-state index in [2.05, 4.69) is 6.07 Å². The molecule has 1 aliphatic rings. The van der Waals surface area contributed by atoms with Gasteiger partial charge in [-0.1, -0.05) is 18.2 Å². The third-order valence-electron chi connectivity index (χ3n) is 4.24. The second kappa shape index (κ2) is 6.73. The van der Waals surface area contributed by atoms with E-state index in [4.69, 9.17) is 9.47 Å². The number of carbonyl (C=O) groups is 1. The number of ether oxygens (including phenoxy) is 2. The molecule has 0 bridgehead atoms. The molecule has 2 aromatic carbocycles. The summed E-state index contributed by atoms with van der Waals surface area (Å²) >= 11 is 0. The molecule has 0 atom stereocenters. The van der Waals surface area contributed by atoms with E-state index in [9.17, 15) is 4.79 Å². The zero-order valence-corrected chi connectivity index (χ0v) is 13.5. The van der Waals surface area contributed by atoms with Gasteiger partial charge in [0, 0.05) is 17.8 Å². The minimum absolute atomic E-state index is 0.0868. The van der Waals surface area contributed by atoms with Gasteiger partial charge in [-0.2, -0.15) is 0 Å². The van der Waals surface area contributed by atoms with E-state index in [1.165, 1.54) is 5.56 Å². The Hall–Kier alpha value is -2.49. The van der Waals surface area contributed by atoms with E-state index in [1.807, 2.05) is 41.3 Å². The molecule has 1 aliphatic heterocycles. The van der Waals surface area contributed by atoms with Crippen LogP contribution in [0.1, 0.15) is 17.5 Å². The Bertz CT molecular complexity index is 712. The third kappa shape index (κ3) is 3.16. The average Bonchev–Trinajstić information content (AvgIpc) is 2.61. The zero-order chi connectivity index (χ0) is 16.2. The molecular weight excluding hydrogens is 290 g/mol. The highest BCUT2D eigenvalue weighted by atomic mass is 16.5. The summed E-state index contributed by atoms with van der Waals surface area (Å²) in [4.78, 5) is 14.7. The molecule has 0 spiro atoms. The Morgan fingerprint density at radius 3 is 2.74 bits per heavy atom. The van der Waals surface area contributed by atoms with Crippen LogP contribution in [0.4, 0.5) is 5.69 Å². The van der Waals surface area contributed by atoms with Gasteiger partial charge in [0.05, 0.1) is 20.6 Å². The largest absolute Gasteiger partial charge is 0.497 e. The molecule has 4 nitrogen and oxygen atoms in total. The highest BCUT2D eigenvalue weighted by Gasteiger charge is 2.23. The first-order chi connectivity index (χ1) is 11.2. The van der Waals surface area contributed by atoms with Gasteiger partial charge in [-0.05, 0) is 42.7 Å². The molecule has 0 radical (unpaired) electrons. The average molecular weight is 311 g/mol. The van der Waals surface area contributed by atoms with Gasteiger partial charge in [-0.25, -0.2) is 0 Å². The first-order valence-electron chi connectivity index (χ1n) is 7.82. The van der Waals surface area contributed by atoms with Gasteiger partial charge in [-0.3, -0.25) is 4.79 Å². The van der Waals surface area contributed by atoms with Crippen LogP contribution in [0.2, 0.25) is 0 Å². The fourth-order valence-electron chi connectivity index (χ4n) is 3.07. The zero-order valence-electron chi connectivity index (χ0n) is 13.5. The second-order valence-corrected chi connectivity index (χ2v) is 5.63. The molecule has 0 aliphatic carbocycles. The quantitative estimate of drug-likeness (QED) is 0.870. The highest BCUT2D eigenvalue weighted by molar-refractivity contribution is 5.96. The molecule has 1 heterocycles. The third-order valence-corrected chi connectivity index (χ3v) is 4.24. The molecule has 3 rings (SSSR count). The smallest absolute Gasteiger partial charge is 0.231 e. The maximum absolute atomic E-state index is 12.8. The SMILES string of the molecule is COc1ccc(OC)c(CC(=O)N2CCCc3ccccc32)c1. The van der Waals surface area contributed by atoms with Gasteiger partial charge in [0.2, 0.25) is 5.91 Å². The van der Waals surface area contributed by atoms with Gasteiger partial charge in [0.1, 0.15) is 11.5 Å². The molecule has 23 heavy (non-hydrogen) atoms. The molecule has 2 aromatic rings. The van der Waals surface area contributed by atoms with Crippen LogP contribution in [0.3, 0.4) is 0 Å². The Kier molecular flexibility index (Phi) is 4.51. The predicted molar refractivity (Wildman–Crippen MR) is 90.4 cm³/mol. The van der Waals surface area contributed by atoms with Crippen molar-refractivity contribution >= 4 is 11.6 Å². The molecule has 0 fully saturated rings. The number of rotatable bonds is 4. The summed E-state index contributed by atoms with van der Waals surface area (Å²) < 4.78 is 10.6. The molecule has 0 saturated heterocycles. The van der Waals surface area contributed by atoms with Crippen molar-refractivity contribution in [3.05, 3.63) is 53.6 Å². The lowest BCUT2D eigenvalue weighted by molar-refractivity contribution is -0.118. The summed E-state index contributed by atoms with van der Waals surface area (Å²) in [5, 5.41) is 0. The monoisotopic (exact) mass is 311 g/mol. The molecule has 0 saturated carbocycles. The Balaban J connectivity index is 1.86. The maximum Gasteiger partial charge on any atom is 0.231 e. The summed E-state index contributed by atoms with van der Waals surface area (Å²) in [6, 6.07) is 13.7. The van der Waals surface area contributed by atoms with Crippen molar-refractivity contribution in [3.8, 4) is 11.5 Å². The van der Waals surface area contributed by atoms with Gasteiger partial charge >= 0.3 is 0 Å². The van der Waals surface area contributed by atoms with E-state index in [-0.39, 0.29) is 5.91 Å². The molecule has 120 valence electrons. The van der Waals surface area contributed by atoms with Gasteiger partial charge in [0.25, 0.3) is 0 Å². The second-order valence-electron chi connectivity index (χ2n) is 5.63. The van der Waals surface area contributed by atoms with Crippen LogP contribution >= 0.6 is 0 Å². The number of hydrogen-bond acceptors (Lipinski definition) is 3. The lowest BCUT2D eigenvalue weighted by atomic mass is 10.0. The summed E-state index contributed by atoms with van der Waals surface area (Å²) in [6.45, 7) is 0.766. The number of fused-ring (bicyclic) bond motifs is 1. The van der Waals surface area contributed by atoms with Gasteiger partial charge in [0.15, 0.2) is 0 Å². The lowest BCUT2D eigenvalue weighted by Gasteiger charge is -2.29. The number of methoxy groups -OCH3 is 2. The fraction of sp³-hybridized carbons (Fsp3) is 0.316. The normalized spacial score (nSPS) is 13.4. The van der Waals surface area contributed by atoms with E-state index in [0.717, 1.165) is 36.4 Å². The number of hydrogen-bond donors (Lipinski definition) is 0. The van der Waals surface area contributed by atoms with Gasteiger partial charge < -0.3 is 14.4 Å². The number of para-hydroxylation sites is 1. The van der Waals surface area contributed by atoms with Gasteiger partial charge in [-0.15, -0.1) is 0 Å². The van der Waals surface area contributed by atoms with Crippen molar-refractivity contribution < 1.29 is 14.3 Å². The first kappa shape index (κ1) is 15.4. The number of anilines is 1. The molecule has 0 aromatic heterocycles. The highest BCUT2D eigenvalue weighted by Crippen LogP contribution is 2.29. The molecule has 0 N–H and O–H groups in total. The van der Waals surface area contributed by atoms with E-state index in [0.29, 0.717) is 12.2 Å². The number of nitrogens with zero attached hydrogens (tertiary/aromatic N) is 1. The van der Waals surface area contributed by atoms with Crippen molar-refractivity contribution in [2.45, 2.75) is 19.3 Å². The minimum Gasteiger partial charge on any atom is -0.497 e. The molecule has 1 amide bonds. The van der Waals surface area contributed by atoms with Crippen molar-refractivity contribution in [1.29, 1.82) is 0 Å². The van der Waals surface area contributed by atoms with Crippen molar-refractivity contribution in [1.82, 2.24) is 0 Å². The van der Waals surface area contributed by atoms with Crippen LogP contribution in [0.25, 0.3) is 0 Å². The standard InChI is InChI=1S/C19H21NO3/c1-22-16-9-10-18(23-2)15(12-16)13-19(21)20-11-5-7-14-6-3-4-8-17(14)20/h3-4,6,8-10,12H,5,7,11,13H2,1-2H3. The number of aryl methyl sites for hydroxylation is 1. The van der Waals surface area contributed by atoms with Crippen molar-refractivity contribution in [2.24, 2.45) is 0 Å². The van der Waals surface area contributed by atoms with E-state index >= 15 is 0 Å². The Morgan fingerprint density at radius 1 is 1.13 bits per heavy atom. The minimum atomic E-state index is 0.0868. The van der Waals surface area contributed by atoms with Crippen LogP contribution < -0.4 is 14.4 Å². The summed E-state index contributed by atoms with van der Waals surface area (Å²) in [6.07, 6.45) is 2.33. The summed E-state index contributed by atoms with van der Waals surface area (Å²) in [5.41, 5.74) is 3.12. The lowest BCUT2D eigenvalue weighted by Crippen LogP contribution is -2.36. The van der Waals surface area contributed by atoms with Crippen LogP contribution in [-0.2, 0) is 17.6 Å². The molecular formula is C19H21NO3. The van der Waals surface area contributed by atoms with Crippen molar-refractivity contribution in [3.63, 3.8) is 0 Å². The molecule has 4 heteroatoms. The number of benzene rings is 2. The van der Waals surface area contributed by atoms with Crippen molar-refractivity contribution in [2.75, 3.05) is 25.7 Å². The van der Waals surface area contributed by atoms with E-state index in [1.54, 1.807) is 14.2 Å².